The Morgan fingerprint density at radius 2 is 1.32 bits per heavy atom. The summed E-state index contributed by atoms with van der Waals surface area (Å²) >= 11 is 0. The quantitative estimate of drug-likeness (QED) is 0.880. The van der Waals surface area contributed by atoms with Gasteiger partial charge in [0, 0.05) is 12.0 Å². The third-order valence-electron chi connectivity index (χ3n) is 3.77. The largest absolute Gasteiger partial charge is 0.330 e. The number of nitrogens with two attached hydrogens (primary N) is 1. The Balaban J connectivity index is 2.13. The lowest BCUT2D eigenvalue weighted by Crippen LogP contribution is -2.27. The van der Waals surface area contributed by atoms with Gasteiger partial charge >= 0.3 is 0 Å². The van der Waals surface area contributed by atoms with Gasteiger partial charge in [-0.15, -0.1) is 0 Å². The average molecular weight is 253 g/mol. The number of benzene rings is 2. The Kier molecular flexibility index (Phi) is 4.06. The molecule has 0 aliphatic heterocycles. The minimum absolute atomic E-state index is 0.0579. The molecule has 0 unspecified atom stereocenters. The Morgan fingerprint density at radius 1 is 0.842 bits per heavy atom. The Bertz CT molecular complexity index is 521. The van der Waals surface area contributed by atoms with Gasteiger partial charge in [-0.1, -0.05) is 67.9 Å². The van der Waals surface area contributed by atoms with Crippen LogP contribution in [0.5, 0.6) is 0 Å². The van der Waals surface area contributed by atoms with E-state index in [2.05, 4.69) is 69.3 Å². The molecule has 2 N–H and O–H groups in total. The smallest absolute Gasteiger partial charge is 0.00190 e. The molecular formula is C18H23N. The van der Waals surface area contributed by atoms with E-state index in [9.17, 15) is 0 Å². The molecule has 0 saturated heterocycles. The van der Waals surface area contributed by atoms with Crippen molar-refractivity contribution < 1.29 is 0 Å². The van der Waals surface area contributed by atoms with Crippen LogP contribution in [0.3, 0.4) is 0 Å². The molecule has 1 nitrogen and oxygen atoms in total. The monoisotopic (exact) mass is 253 g/mol. The molecule has 0 aromatic heterocycles. The summed E-state index contributed by atoms with van der Waals surface area (Å²) in [6.07, 6.45) is 0.990. The zero-order valence-corrected chi connectivity index (χ0v) is 12.1. The number of rotatable bonds is 4. The van der Waals surface area contributed by atoms with Gasteiger partial charge in [0.2, 0.25) is 0 Å². The molecule has 0 spiro atoms. The van der Waals surface area contributed by atoms with Gasteiger partial charge in [0.15, 0.2) is 0 Å². The molecule has 2 rings (SSSR count). The van der Waals surface area contributed by atoms with Crippen molar-refractivity contribution in [2.24, 2.45) is 5.73 Å². The van der Waals surface area contributed by atoms with E-state index in [0.29, 0.717) is 6.54 Å². The second-order valence-corrected chi connectivity index (χ2v) is 5.95. The maximum absolute atomic E-state index is 5.81. The number of hydrogen-bond acceptors (Lipinski definition) is 1. The molecule has 0 aliphatic carbocycles. The van der Waals surface area contributed by atoms with Crippen molar-refractivity contribution in [1.29, 1.82) is 0 Å². The van der Waals surface area contributed by atoms with Crippen LogP contribution in [0.1, 0.15) is 36.1 Å². The molecule has 0 fully saturated rings. The van der Waals surface area contributed by atoms with Crippen molar-refractivity contribution in [2.75, 3.05) is 6.54 Å². The van der Waals surface area contributed by atoms with Gasteiger partial charge in [0.25, 0.3) is 0 Å². The fourth-order valence-electron chi connectivity index (χ4n) is 2.13. The van der Waals surface area contributed by atoms with Crippen molar-refractivity contribution in [1.82, 2.24) is 0 Å². The normalized spacial score (nSPS) is 11.6. The fraction of sp³-hybridized carbons (Fsp3) is 0.333. The summed E-state index contributed by atoms with van der Waals surface area (Å²) in [4.78, 5) is 0. The molecule has 1 heteroatoms. The van der Waals surface area contributed by atoms with E-state index in [1.54, 1.807) is 0 Å². The minimum atomic E-state index is 0.0579. The Morgan fingerprint density at radius 3 is 1.79 bits per heavy atom. The number of aryl methyl sites for hydroxylation is 1. The van der Waals surface area contributed by atoms with E-state index in [1.807, 2.05) is 0 Å². The molecule has 2 aromatic rings. The summed E-state index contributed by atoms with van der Waals surface area (Å²) in [5, 5.41) is 0. The van der Waals surface area contributed by atoms with E-state index in [1.165, 1.54) is 22.3 Å². The summed E-state index contributed by atoms with van der Waals surface area (Å²) in [5.41, 5.74) is 11.2. The molecule has 0 amide bonds. The zero-order chi connectivity index (χ0) is 13.9. The lowest BCUT2D eigenvalue weighted by molar-refractivity contribution is 0.539. The molecule has 0 atom stereocenters. The van der Waals surface area contributed by atoms with Crippen LogP contribution in [0.2, 0.25) is 0 Å². The first-order valence-corrected chi connectivity index (χ1v) is 6.86. The van der Waals surface area contributed by atoms with Gasteiger partial charge in [-0.2, -0.15) is 0 Å². The van der Waals surface area contributed by atoms with Gasteiger partial charge in [-0.3, -0.25) is 0 Å². The molecule has 100 valence electrons. The second kappa shape index (κ2) is 5.58. The SMILES string of the molecule is Cc1ccc(Cc2ccc(C(C)(C)CN)cc2)cc1. The van der Waals surface area contributed by atoms with E-state index in [-0.39, 0.29) is 5.41 Å². The van der Waals surface area contributed by atoms with Gasteiger partial charge in [0.1, 0.15) is 0 Å². The van der Waals surface area contributed by atoms with Crippen molar-refractivity contribution in [3.05, 3.63) is 70.8 Å². The summed E-state index contributed by atoms with van der Waals surface area (Å²) in [6.45, 7) is 7.15. The lowest BCUT2D eigenvalue weighted by Gasteiger charge is -2.23. The third kappa shape index (κ3) is 3.45. The predicted molar refractivity (Wildman–Crippen MR) is 82.5 cm³/mol. The predicted octanol–water partition coefficient (Wildman–Crippen LogP) is 3.82. The van der Waals surface area contributed by atoms with Gasteiger partial charge in [0.05, 0.1) is 0 Å². The van der Waals surface area contributed by atoms with Crippen molar-refractivity contribution in [2.45, 2.75) is 32.6 Å². The highest BCUT2D eigenvalue weighted by molar-refractivity contribution is 5.32. The molecule has 19 heavy (non-hydrogen) atoms. The van der Waals surface area contributed by atoms with E-state index < -0.39 is 0 Å². The highest BCUT2D eigenvalue weighted by Gasteiger charge is 2.17. The molecule has 0 saturated carbocycles. The van der Waals surface area contributed by atoms with Crippen LogP contribution in [0.25, 0.3) is 0 Å². The van der Waals surface area contributed by atoms with Crippen LogP contribution >= 0.6 is 0 Å². The first-order valence-electron chi connectivity index (χ1n) is 6.86. The van der Waals surface area contributed by atoms with Crippen LogP contribution in [0, 0.1) is 6.92 Å². The average Bonchev–Trinajstić information content (AvgIpc) is 2.42. The zero-order valence-electron chi connectivity index (χ0n) is 12.1. The minimum Gasteiger partial charge on any atom is -0.330 e. The van der Waals surface area contributed by atoms with E-state index >= 15 is 0 Å². The maximum Gasteiger partial charge on any atom is 0.00190 e. The summed E-state index contributed by atoms with van der Waals surface area (Å²) in [5.74, 6) is 0. The second-order valence-electron chi connectivity index (χ2n) is 5.95. The molecule has 0 radical (unpaired) electrons. The van der Waals surface area contributed by atoms with Crippen LogP contribution < -0.4 is 5.73 Å². The molecule has 2 aromatic carbocycles. The highest BCUT2D eigenvalue weighted by atomic mass is 14.6. The van der Waals surface area contributed by atoms with Crippen LogP contribution in [-0.2, 0) is 11.8 Å². The van der Waals surface area contributed by atoms with Crippen LogP contribution in [0.4, 0.5) is 0 Å². The van der Waals surface area contributed by atoms with Crippen molar-refractivity contribution >= 4 is 0 Å². The molecule has 0 aliphatic rings. The molecule has 0 heterocycles. The summed E-state index contributed by atoms with van der Waals surface area (Å²) < 4.78 is 0. The first-order chi connectivity index (χ1) is 9.01. The number of hydrogen-bond donors (Lipinski definition) is 1. The van der Waals surface area contributed by atoms with E-state index in [4.69, 9.17) is 5.73 Å². The van der Waals surface area contributed by atoms with Gasteiger partial charge in [-0.25, -0.2) is 0 Å². The fourth-order valence-corrected chi connectivity index (χ4v) is 2.13. The maximum atomic E-state index is 5.81. The summed E-state index contributed by atoms with van der Waals surface area (Å²) in [6, 6.07) is 17.6. The van der Waals surface area contributed by atoms with Crippen molar-refractivity contribution in [3.8, 4) is 0 Å². The van der Waals surface area contributed by atoms with Crippen LogP contribution in [-0.4, -0.2) is 6.54 Å². The van der Waals surface area contributed by atoms with E-state index in [0.717, 1.165) is 6.42 Å². The topological polar surface area (TPSA) is 26.0 Å². The van der Waals surface area contributed by atoms with Crippen molar-refractivity contribution in [3.63, 3.8) is 0 Å². The van der Waals surface area contributed by atoms with Crippen LogP contribution in [0.15, 0.2) is 48.5 Å². The highest BCUT2D eigenvalue weighted by Crippen LogP contribution is 2.22. The van der Waals surface area contributed by atoms with Gasteiger partial charge in [-0.05, 0) is 30.0 Å². The Labute approximate surface area is 116 Å². The molecule has 0 bridgehead atoms. The first kappa shape index (κ1) is 13.8. The summed E-state index contributed by atoms with van der Waals surface area (Å²) in [7, 11) is 0. The standard InChI is InChI=1S/C18H23N/c1-14-4-6-15(7-5-14)12-16-8-10-17(11-9-16)18(2,3)13-19/h4-11H,12-13,19H2,1-3H3. The Hall–Kier alpha value is -1.60. The molecular weight excluding hydrogens is 230 g/mol. The van der Waals surface area contributed by atoms with Gasteiger partial charge < -0.3 is 5.73 Å². The third-order valence-corrected chi connectivity index (χ3v) is 3.77. The lowest BCUT2D eigenvalue weighted by atomic mass is 9.84.